The summed E-state index contributed by atoms with van der Waals surface area (Å²) in [5.41, 5.74) is 0.991. The SMILES string of the molecule is CC(C)CCCNc1cccnc1OC(C)C. The van der Waals surface area contributed by atoms with Gasteiger partial charge < -0.3 is 10.1 Å². The summed E-state index contributed by atoms with van der Waals surface area (Å²) >= 11 is 0. The first-order valence-corrected chi connectivity index (χ1v) is 6.45. The van der Waals surface area contributed by atoms with Gasteiger partial charge in [0.05, 0.1) is 11.8 Å². The smallest absolute Gasteiger partial charge is 0.237 e. The highest BCUT2D eigenvalue weighted by Crippen LogP contribution is 2.21. The number of anilines is 1. The first-order chi connectivity index (χ1) is 8.09. The largest absolute Gasteiger partial charge is 0.473 e. The fourth-order valence-electron chi connectivity index (χ4n) is 1.58. The van der Waals surface area contributed by atoms with Crippen molar-refractivity contribution in [2.45, 2.75) is 46.6 Å². The summed E-state index contributed by atoms with van der Waals surface area (Å²) in [5, 5.41) is 3.39. The Bertz CT molecular complexity index is 324. The Morgan fingerprint density at radius 1 is 1.29 bits per heavy atom. The van der Waals surface area contributed by atoms with Gasteiger partial charge in [0.1, 0.15) is 0 Å². The molecule has 0 unspecified atom stereocenters. The normalized spacial score (nSPS) is 10.9. The number of nitrogens with one attached hydrogen (secondary N) is 1. The van der Waals surface area contributed by atoms with Crippen molar-refractivity contribution in [3.8, 4) is 5.88 Å². The molecule has 0 aliphatic carbocycles. The predicted octanol–water partition coefficient (Wildman–Crippen LogP) is 3.72. The molecule has 17 heavy (non-hydrogen) atoms. The highest BCUT2D eigenvalue weighted by molar-refractivity contribution is 5.51. The Kier molecular flexibility index (Phi) is 5.81. The van der Waals surface area contributed by atoms with Crippen molar-refractivity contribution < 1.29 is 4.74 Å². The lowest BCUT2D eigenvalue weighted by Gasteiger charge is -2.14. The summed E-state index contributed by atoms with van der Waals surface area (Å²) < 4.78 is 5.65. The minimum Gasteiger partial charge on any atom is -0.473 e. The van der Waals surface area contributed by atoms with E-state index in [0.29, 0.717) is 5.88 Å². The van der Waals surface area contributed by atoms with Crippen LogP contribution in [0.5, 0.6) is 5.88 Å². The van der Waals surface area contributed by atoms with E-state index in [9.17, 15) is 0 Å². The van der Waals surface area contributed by atoms with Gasteiger partial charge in [-0.3, -0.25) is 0 Å². The Hall–Kier alpha value is -1.25. The molecule has 0 radical (unpaired) electrons. The predicted molar refractivity (Wildman–Crippen MR) is 72.6 cm³/mol. The summed E-state index contributed by atoms with van der Waals surface area (Å²) in [5.74, 6) is 1.46. The van der Waals surface area contributed by atoms with E-state index < -0.39 is 0 Å². The van der Waals surface area contributed by atoms with Crippen molar-refractivity contribution in [3.05, 3.63) is 18.3 Å². The van der Waals surface area contributed by atoms with Crippen LogP contribution >= 0.6 is 0 Å². The second kappa shape index (κ2) is 7.15. The molecule has 1 heterocycles. The second-order valence-electron chi connectivity index (χ2n) is 4.99. The fourth-order valence-corrected chi connectivity index (χ4v) is 1.58. The molecule has 0 saturated carbocycles. The van der Waals surface area contributed by atoms with Crippen molar-refractivity contribution in [3.63, 3.8) is 0 Å². The van der Waals surface area contributed by atoms with Crippen LogP contribution in [0.2, 0.25) is 0 Å². The topological polar surface area (TPSA) is 34.2 Å². The van der Waals surface area contributed by atoms with E-state index in [0.717, 1.165) is 18.2 Å². The van der Waals surface area contributed by atoms with Crippen molar-refractivity contribution >= 4 is 5.69 Å². The van der Waals surface area contributed by atoms with Crippen LogP contribution in [0.25, 0.3) is 0 Å². The number of pyridine rings is 1. The van der Waals surface area contributed by atoms with Gasteiger partial charge in [0, 0.05) is 12.7 Å². The van der Waals surface area contributed by atoms with Crippen LogP contribution in [0.3, 0.4) is 0 Å². The maximum atomic E-state index is 5.65. The minimum atomic E-state index is 0.154. The molecular weight excluding hydrogens is 212 g/mol. The number of hydrogen-bond acceptors (Lipinski definition) is 3. The van der Waals surface area contributed by atoms with Crippen LogP contribution in [0.15, 0.2) is 18.3 Å². The highest BCUT2D eigenvalue weighted by Gasteiger charge is 2.05. The van der Waals surface area contributed by atoms with Gasteiger partial charge in [-0.1, -0.05) is 13.8 Å². The second-order valence-corrected chi connectivity index (χ2v) is 4.99. The van der Waals surface area contributed by atoms with Gasteiger partial charge in [0.2, 0.25) is 5.88 Å². The maximum absolute atomic E-state index is 5.65. The van der Waals surface area contributed by atoms with Crippen LogP contribution < -0.4 is 10.1 Å². The number of nitrogens with zero attached hydrogens (tertiary/aromatic N) is 1. The molecule has 0 aromatic carbocycles. The number of hydrogen-bond donors (Lipinski definition) is 1. The third-order valence-corrected chi connectivity index (χ3v) is 2.39. The third-order valence-electron chi connectivity index (χ3n) is 2.39. The number of ether oxygens (including phenoxy) is 1. The van der Waals surface area contributed by atoms with Gasteiger partial charge in [0.25, 0.3) is 0 Å². The Morgan fingerprint density at radius 2 is 2.06 bits per heavy atom. The number of aromatic nitrogens is 1. The molecule has 1 aromatic heterocycles. The van der Waals surface area contributed by atoms with E-state index >= 15 is 0 Å². The standard InChI is InChI=1S/C14H24N2O/c1-11(2)7-5-9-15-13-8-6-10-16-14(13)17-12(3)4/h6,8,10-12,15H,5,7,9H2,1-4H3. The summed E-state index contributed by atoms with van der Waals surface area (Å²) in [6.45, 7) is 9.49. The zero-order valence-corrected chi connectivity index (χ0v) is 11.4. The fraction of sp³-hybridized carbons (Fsp3) is 0.643. The molecule has 0 saturated heterocycles. The van der Waals surface area contributed by atoms with Crippen LogP contribution in [-0.2, 0) is 0 Å². The maximum Gasteiger partial charge on any atom is 0.237 e. The van der Waals surface area contributed by atoms with Gasteiger partial charge in [-0.15, -0.1) is 0 Å². The molecule has 0 aliphatic heterocycles. The van der Waals surface area contributed by atoms with E-state index in [1.54, 1.807) is 6.20 Å². The molecule has 0 amide bonds. The Labute approximate surface area is 105 Å². The average molecular weight is 236 g/mol. The molecular formula is C14H24N2O. The van der Waals surface area contributed by atoms with Gasteiger partial charge >= 0.3 is 0 Å². The molecule has 0 bridgehead atoms. The molecule has 96 valence electrons. The van der Waals surface area contributed by atoms with E-state index in [-0.39, 0.29) is 6.10 Å². The van der Waals surface area contributed by atoms with Gasteiger partial charge in [0.15, 0.2) is 0 Å². The Morgan fingerprint density at radius 3 is 2.71 bits per heavy atom. The summed E-state index contributed by atoms with van der Waals surface area (Å²) in [6, 6.07) is 3.94. The average Bonchev–Trinajstić information content (AvgIpc) is 2.25. The summed E-state index contributed by atoms with van der Waals surface area (Å²) in [4.78, 5) is 4.25. The quantitative estimate of drug-likeness (QED) is 0.733. The molecule has 3 heteroatoms. The van der Waals surface area contributed by atoms with E-state index in [1.165, 1.54) is 12.8 Å². The lowest BCUT2D eigenvalue weighted by Crippen LogP contribution is -2.10. The van der Waals surface area contributed by atoms with Crippen LogP contribution in [0.4, 0.5) is 5.69 Å². The van der Waals surface area contributed by atoms with Crippen molar-refractivity contribution in [1.29, 1.82) is 0 Å². The van der Waals surface area contributed by atoms with E-state index in [1.807, 2.05) is 26.0 Å². The third kappa shape index (κ3) is 5.57. The van der Waals surface area contributed by atoms with Crippen LogP contribution in [0.1, 0.15) is 40.5 Å². The van der Waals surface area contributed by atoms with Crippen molar-refractivity contribution in [2.24, 2.45) is 5.92 Å². The molecule has 1 N–H and O–H groups in total. The van der Waals surface area contributed by atoms with Crippen LogP contribution in [-0.4, -0.2) is 17.6 Å². The van der Waals surface area contributed by atoms with Gasteiger partial charge in [-0.05, 0) is 44.7 Å². The van der Waals surface area contributed by atoms with Gasteiger partial charge in [-0.2, -0.15) is 0 Å². The lowest BCUT2D eigenvalue weighted by molar-refractivity contribution is 0.234. The van der Waals surface area contributed by atoms with Crippen molar-refractivity contribution in [1.82, 2.24) is 4.98 Å². The molecule has 0 spiro atoms. The monoisotopic (exact) mass is 236 g/mol. The molecule has 0 fully saturated rings. The molecule has 0 aliphatic rings. The summed E-state index contributed by atoms with van der Waals surface area (Å²) in [7, 11) is 0. The highest BCUT2D eigenvalue weighted by atomic mass is 16.5. The number of rotatable bonds is 7. The zero-order valence-electron chi connectivity index (χ0n) is 11.4. The zero-order chi connectivity index (χ0) is 12.7. The van der Waals surface area contributed by atoms with E-state index in [2.05, 4.69) is 24.1 Å². The molecule has 3 nitrogen and oxygen atoms in total. The van der Waals surface area contributed by atoms with E-state index in [4.69, 9.17) is 4.74 Å². The van der Waals surface area contributed by atoms with Gasteiger partial charge in [-0.25, -0.2) is 4.98 Å². The lowest BCUT2D eigenvalue weighted by atomic mass is 10.1. The van der Waals surface area contributed by atoms with Crippen LogP contribution in [0, 0.1) is 5.92 Å². The first-order valence-electron chi connectivity index (χ1n) is 6.45. The first kappa shape index (κ1) is 13.8. The Balaban J connectivity index is 2.46. The minimum absolute atomic E-state index is 0.154. The molecule has 1 rings (SSSR count). The molecule has 1 aromatic rings. The molecule has 0 atom stereocenters. The van der Waals surface area contributed by atoms with Crippen molar-refractivity contribution in [2.75, 3.05) is 11.9 Å². The summed E-state index contributed by atoms with van der Waals surface area (Å²) in [6.07, 6.45) is 4.33.